The van der Waals surface area contributed by atoms with Gasteiger partial charge in [0, 0.05) is 23.6 Å². The highest BCUT2D eigenvalue weighted by Crippen LogP contribution is 2.24. The number of aromatic amines is 1. The van der Waals surface area contributed by atoms with Crippen LogP contribution >= 0.6 is 0 Å². The van der Waals surface area contributed by atoms with Gasteiger partial charge in [0.05, 0.1) is 17.5 Å². The van der Waals surface area contributed by atoms with E-state index in [1.807, 2.05) is 66.7 Å². The molecule has 5 aromatic rings. The zero-order valence-corrected chi connectivity index (χ0v) is 18.3. The molecule has 0 unspecified atom stereocenters. The molecular weight excluding hydrogens is 410 g/mol. The largest absolute Gasteiger partial charge is 0.342 e. The summed E-state index contributed by atoms with van der Waals surface area (Å²) in [6, 6.07) is 25.2. The minimum absolute atomic E-state index is 0.0394. The van der Waals surface area contributed by atoms with E-state index in [1.165, 1.54) is 0 Å². The molecule has 0 aliphatic rings. The topological polar surface area (TPSA) is 75.7 Å². The molecule has 5 heteroatoms. The van der Waals surface area contributed by atoms with Gasteiger partial charge in [0.25, 0.3) is 0 Å². The fraction of sp³-hybridized carbons (Fsp3) is 0.143. The van der Waals surface area contributed by atoms with Crippen molar-refractivity contribution in [2.24, 2.45) is 0 Å². The average Bonchev–Trinajstić information content (AvgIpc) is 3.26. The van der Waals surface area contributed by atoms with Gasteiger partial charge in [-0.3, -0.25) is 14.6 Å². The van der Waals surface area contributed by atoms with E-state index >= 15 is 0 Å². The molecule has 2 aromatic heterocycles. The van der Waals surface area contributed by atoms with Crippen LogP contribution in [0.1, 0.15) is 51.5 Å². The summed E-state index contributed by atoms with van der Waals surface area (Å²) in [7, 11) is 0. The number of hydrogen-bond acceptors (Lipinski definition) is 4. The number of H-pyrrole nitrogens is 1. The first kappa shape index (κ1) is 20.8. The van der Waals surface area contributed by atoms with Gasteiger partial charge in [0.1, 0.15) is 11.5 Å². The predicted octanol–water partition coefficient (Wildman–Crippen LogP) is 5.91. The van der Waals surface area contributed by atoms with Gasteiger partial charge in [-0.05, 0) is 35.1 Å². The Morgan fingerprint density at radius 2 is 1.64 bits per heavy atom. The van der Waals surface area contributed by atoms with Crippen molar-refractivity contribution in [1.29, 1.82) is 0 Å². The van der Waals surface area contributed by atoms with Gasteiger partial charge in [0.15, 0.2) is 11.6 Å². The number of carbonyl (C=O) groups excluding carboxylic acids is 2. The van der Waals surface area contributed by atoms with Crippen molar-refractivity contribution in [2.75, 3.05) is 0 Å². The summed E-state index contributed by atoms with van der Waals surface area (Å²) in [6.45, 7) is 2.05. The van der Waals surface area contributed by atoms with Crippen LogP contribution in [-0.2, 0) is 6.42 Å². The minimum Gasteiger partial charge on any atom is -0.342 e. The molecule has 0 bridgehead atoms. The molecule has 162 valence electrons. The molecule has 0 saturated heterocycles. The lowest BCUT2D eigenvalue weighted by Gasteiger charge is -2.11. The number of pyridine rings is 1. The number of rotatable bonds is 7. The Labute approximate surface area is 191 Å². The van der Waals surface area contributed by atoms with Crippen LogP contribution in [-0.4, -0.2) is 26.5 Å². The van der Waals surface area contributed by atoms with E-state index in [9.17, 15) is 9.59 Å². The fourth-order valence-electron chi connectivity index (χ4n) is 4.16. The van der Waals surface area contributed by atoms with Crippen LogP contribution in [0.5, 0.6) is 0 Å². The number of carbonyl (C=O) groups is 2. The maximum Gasteiger partial charge on any atom is 0.188 e. The lowest BCUT2D eigenvalue weighted by molar-refractivity contribution is 0.0973. The molecule has 1 N–H and O–H groups in total. The number of para-hydroxylation sites is 1. The zero-order valence-electron chi connectivity index (χ0n) is 18.3. The summed E-state index contributed by atoms with van der Waals surface area (Å²) in [5.74, 6) is 0.553. The highest BCUT2D eigenvalue weighted by Gasteiger charge is 2.19. The van der Waals surface area contributed by atoms with Gasteiger partial charge in [-0.25, -0.2) is 4.98 Å². The zero-order chi connectivity index (χ0) is 22.8. The molecule has 5 nitrogen and oxygen atoms in total. The molecule has 2 heterocycles. The van der Waals surface area contributed by atoms with E-state index < -0.39 is 0 Å². The van der Waals surface area contributed by atoms with E-state index in [4.69, 9.17) is 0 Å². The number of benzene rings is 3. The van der Waals surface area contributed by atoms with Crippen molar-refractivity contribution in [1.82, 2.24) is 15.0 Å². The highest BCUT2D eigenvalue weighted by molar-refractivity contribution is 6.06. The van der Waals surface area contributed by atoms with E-state index in [-0.39, 0.29) is 23.9 Å². The first-order chi connectivity index (χ1) is 16.1. The second-order valence-corrected chi connectivity index (χ2v) is 8.34. The SMILES string of the molecule is C[C@H](CC(=O)c1cccc2[nH]c(CC(=O)c3cc4ccccc4cn3)nc12)c1ccccc1. The Hall–Kier alpha value is -4.12. The number of Topliss-reactive ketones (excluding diaryl/α,β-unsaturated/α-hetero) is 2. The lowest BCUT2D eigenvalue weighted by atomic mass is 9.93. The molecule has 0 aliphatic carbocycles. The van der Waals surface area contributed by atoms with Crippen molar-refractivity contribution in [3.05, 3.63) is 108 Å². The molecule has 0 aliphatic heterocycles. The van der Waals surface area contributed by atoms with Crippen LogP contribution in [0.4, 0.5) is 0 Å². The van der Waals surface area contributed by atoms with Crippen molar-refractivity contribution < 1.29 is 9.59 Å². The summed E-state index contributed by atoms with van der Waals surface area (Å²) >= 11 is 0. The number of fused-ring (bicyclic) bond motifs is 2. The third kappa shape index (κ3) is 4.30. The molecule has 0 fully saturated rings. The Balaban J connectivity index is 1.37. The Morgan fingerprint density at radius 1 is 0.879 bits per heavy atom. The number of imidazole rings is 1. The highest BCUT2D eigenvalue weighted by atomic mass is 16.1. The normalized spacial score (nSPS) is 12.2. The summed E-state index contributed by atoms with van der Waals surface area (Å²) < 4.78 is 0. The third-order valence-electron chi connectivity index (χ3n) is 5.97. The predicted molar refractivity (Wildman–Crippen MR) is 130 cm³/mol. The first-order valence-electron chi connectivity index (χ1n) is 11.0. The quantitative estimate of drug-likeness (QED) is 0.324. The van der Waals surface area contributed by atoms with E-state index in [1.54, 1.807) is 18.3 Å². The number of hydrogen-bond donors (Lipinski definition) is 1. The molecule has 1 atom stereocenters. The van der Waals surface area contributed by atoms with Crippen molar-refractivity contribution in [3.63, 3.8) is 0 Å². The molecule has 0 amide bonds. The van der Waals surface area contributed by atoms with E-state index in [0.29, 0.717) is 29.0 Å². The van der Waals surface area contributed by atoms with Crippen molar-refractivity contribution in [2.45, 2.75) is 25.7 Å². The smallest absolute Gasteiger partial charge is 0.188 e. The third-order valence-corrected chi connectivity index (χ3v) is 5.97. The standard InChI is InChI=1S/C28H23N3O2/c1-18(19-8-3-2-4-9-19)14-25(32)22-12-7-13-23-28(22)31-27(30-23)16-26(33)24-15-20-10-5-6-11-21(20)17-29-24/h2-13,15,17-18H,14,16H2,1H3,(H,30,31)/t18-/m1/s1. The summed E-state index contributed by atoms with van der Waals surface area (Å²) in [6.07, 6.45) is 2.20. The molecule has 0 radical (unpaired) electrons. The molecule has 0 saturated carbocycles. The Bertz CT molecular complexity index is 1470. The fourth-order valence-corrected chi connectivity index (χ4v) is 4.16. The maximum atomic E-state index is 13.1. The molecule has 3 aromatic carbocycles. The second-order valence-electron chi connectivity index (χ2n) is 8.34. The minimum atomic E-state index is -0.120. The van der Waals surface area contributed by atoms with Gasteiger partial charge >= 0.3 is 0 Å². The van der Waals surface area contributed by atoms with Gasteiger partial charge in [0.2, 0.25) is 0 Å². The van der Waals surface area contributed by atoms with E-state index in [2.05, 4.69) is 21.9 Å². The number of nitrogens with zero attached hydrogens (tertiary/aromatic N) is 2. The van der Waals surface area contributed by atoms with Gasteiger partial charge in [-0.2, -0.15) is 0 Å². The number of ketones is 2. The van der Waals surface area contributed by atoms with Crippen LogP contribution in [0.3, 0.4) is 0 Å². The second kappa shape index (κ2) is 8.79. The van der Waals surface area contributed by atoms with Crippen LogP contribution in [0.15, 0.2) is 85.1 Å². The van der Waals surface area contributed by atoms with E-state index in [0.717, 1.165) is 21.9 Å². The Kier molecular flexibility index (Phi) is 5.53. The van der Waals surface area contributed by atoms with Gasteiger partial charge in [-0.1, -0.05) is 67.6 Å². The van der Waals surface area contributed by atoms with Crippen LogP contribution < -0.4 is 0 Å². The number of nitrogens with one attached hydrogen (secondary N) is 1. The van der Waals surface area contributed by atoms with Crippen LogP contribution in [0.25, 0.3) is 21.8 Å². The van der Waals surface area contributed by atoms with Crippen LogP contribution in [0.2, 0.25) is 0 Å². The lowest BCUT2D eigenvalue weighted by Crippen LogP contribution is -2.07. The summed E-state index contributed by atoms with van der Waals surface area (Å²) in [5, 5.41) is 1.96. The first-order valence-corrected chi connectivity index (χ1v) is 11.0. The van der Waals surface area contributed by atoms with Gasteiger partial charge in [-0.15, -0.1) is 0 Å². The summed E-state index contributed by atoms with van der Waals surface area (Å²) in [5.41, 5.74) is 3.48. The number of aromatic nitrogens is 3. The van der Waals surface area contributed by atoms with Crippen LogP contribution in [0, 0.1) is 0 Å². The Morgan fingerprint density at radius 3 is 2.45 bits per heavy atom. The van der Waals surface area contributed by atoms with Gasteiger partial charge < -0.3 is 4.98 Å². The average molecular weight is 434 g/mol. The van der Waals surface area contributed by atoms with Crippen molar-refractivity contribution in [3.8, 4) is 0 Å². The molecule has 33 heavy (non-hydrogen) atoms. The molecule has 0 spiro atoms. The molecular formula is C28H23N3O2. The summed E-state index contributed by atoms with van der Waals surface area (Å²) in [4.78, 5) is 38.1. The molecule has 5 rings (SSSR count). The maximum absolute atomic E-state index is 13.1. The van der Waals surface area contributed by atoms with Crippen molar-refractivity contribution >= 4 is 33.4 Å². The monoisotopic (exact) mass is 433 g/mol.